The summed E-state index contributed by atoms with van der Waals surface area (Å²) in [6, 6.07) is 5.20. The Morgan fingerprint density at radius 3 is 2.72 bits per heavy atom. The molecular weight excluding hydrogens is 230 g/mol. The molecule has 4 heteroatoms. The molecular formula is C14H19NO3. The number of para-hydroxylation sites is 1. The molecule has 0 unspecified atom stereocenters. The van der Waals surface area contributed by atoms with Gasteiger partial charge in [0.05, 0.1) is 17.7 Å². The summed E-state index contributed by atoms with van der Waals surface area (Å²) in [5.74, 6) is -0.162. The maximum atomic E-state index is 11.9. The van der Waals surface area contributed by atoms with Crippen LogP contribution >= 0.6 is 0 Å². The molecule has 4 nitrogen and oxygen atoms in total. The highest BCUT2D eigenvalue weighted by molar-refractivity contribution is 5.93. The fourth-order valence-corrected chi connectivity index (χ4v) is 2.46. The molecule has 98 valence electrons. The monoisotopic (exact) mass is 249 g/mol. The number of aliphatic hydroxyl groups is 1. The van der Waals surface area contributed by atoms with Gasteiger partial charge in [0.15, 0.2) is 0 Å². The van der Waals surface area contributed by atoms with Crippen molar-refractivity contribution in [1.29, 1.82) is 0 Å². The molecule has 1 aromatic rings. The summed E-state index contributed by atoms with van der Waals surface area (Å²) in [5.41, 5.74) is 0.262. The zero-order valence-electron chi connectivity index (χ0n) is 10.6. The molecule has 18 heavy (non-hydrogen) atoms. The molecule has 0 atom stereocenters. The van der Waals surface area contributed by atoms with Crippen LogP contribution in [0.2, 0.25) is 0 Å². The van der Waals surface area contributed by atoms with Gasteiger partial charge >= 0.3 is 0 Å². The summed E-state index contributed by atoms with van der Waals surface area (Å²) in [6.07, 6.45) is 3.40. The van der Waals surface area contributed by atoms with Crippen molar-refractivity contribution in [2.24, 2.45) is 0 Å². The average molecular weight is 249 g/mol. The number of phenolic OH excluding ortho intramolecular Hbond substituents is 1. The number of hydrogen-bond donors (Lipinski definition) is 3. The van der Waals surface area contributed by atoms with Crippen molar-refractivity contribution >= 4 is 11.6 Å². The Hall–Kier alpha value is -1.55. The number of carbonyl (C=O) groups is 1. The molecule has 0 aliphatic heterocycles. The van der Waals surface area contributed by atoms with Crippen LogP contribution in [0.1, 0.15) is 37.7 Å². The fraction of sp³-hybridized carbons (Fsp3) is 0.500. The maximum Gasteiger partial charge on any atom is 0.227 e. The molecule has 1 fully saturated rings. The van der Waals surface area contributed by atoms with E-state index in [1.807, 2.05) is 0 Å². The van der Waals surface area contributed by atoms with E-state index in [0.717, 1.165) is 12.8 Å². The normalized spacial score (nSPS) is 17.7. The molecule has 0 saturated heterocycles. The second-order valence-electron chi connectivity index (χ2n) is 5.13. The maximum absolute atomic E-state index is 11.9. The Morgan fingerprint density at radius 2 is 2.06 bits per heavy atom. The first-order valence-corrected chi connectivity index (χ1v) is 6.31. The van der Waals surface area contributed by atoms with Crippen molar-refractivity contribution in [2.45, 2.75) is 44.6 Å². The first-order valence-electron chi connectivity index (χ1n) is 6.31. The third kappa shape index (κ3) is 2.82. The minimum atomic E-state index is -0.858. The molecule has 0 heterocycles. The predicted octanol–water partition coefficient (Wildman–Crippen LogP) is 2.33. The zero-order chi connectivity index (χ0) is 13.2. The zero-order valence-corrected chi connectivity index (χ0v) is 10.6. The van der Waals surface area contributed by atoms with Gasteiger partial charge in [-0.3, -0.25) is 4.79 Å². The number of phenols is 1. The van der Waals surface area contributed by atoms with Crippen molar-refractivity contribution in [2.75, 3.05) is 5.32 Å². The van der Waals surface area contributed by atoms with Gasteiger partial charge in [-0.25, -0.2) is 0 Å². The van der Waals surface area contributed by atoms with E-state index in [1.54, 1.807) is 25.1 Å². The number of amides is 1. The van der Waals surface area contributed by atoms with Gasteiger partial charge in [0.1, 0.15) is 5.75 Å². The van der Waals surface area contributed by atoms with Crippen LogP contribution in [0.15, 0.2) is 18.2 Å². The van der Waals surface area contributed by atoms with Crippen molar-refractivity contribution in [3.05, 3.63) is 23.8 Å². The summed E-state index contributed by atoms with van der Waals surface area (Å²) in [7, 11) is 0. The summed E-state index contributed by atoms with van der Waals surface area (Å²) < 4.78 is 0. The summed E-state index contributed by atoms with van der Waals surface area (Å²) >= 11 is 0. The van der Waals surface area contributed by atoms with E-state index in [0.29, 0.717) is 24.1 Å². The van der Waals surface area contributed by atoms with Gasteiger partial charge in [-0.1, -0.05) is 25.0 Å². The Morgan fingerprint density at radius 1 is 1.39 bits per heavy atom. The highest BCUT2D eigenvalue weighted by atomic mass is 16.3. The molecule has 0 spiro atoms. The van der Waals surface area contributed by atoms with Gasteiger partial charge < -0.3 is 15.5 Å². The lowest BCUT2D eigenvalue weighted by Gasteiger charge is -2.21. The van der Waals surface area contributed by atoms with E-state index in [1.165, 1.54) is 0 Å². The summed E-state index contributed by atoms with van der Waals surface area (Å²) in [6.45, 7) is 1.77. The van der Waals surface area contributed by atoms with Crippen LogP contribution < -0.4 is 5.32 Å². The van der Waals surface area contributed by atoms with Gasteiger partial charge in [-0.05, 0) is 31.4 Å². The number of hydrogen-bond acceptors (Lipinski definition) is 3. The van der Waals surface area contributed by atoms with Crippen LogP contribution in [0.5, 0.6) is 5.75 Å². The van der Waals surface area contributed by atoms with E-state index >= 15 is 0 Å². The molecule has 0 radical (unpaired) electrons. The van der Waals surface area contributed by atoms with E-state index in [9.17, 15) is 15.0 Å². The van der Waals surface area contributed by atoms with E-state index in [-0.39, 0.29) is 18.1 Å². The second kappa shape index (κ2) is 4.98. The number of anilines is 1. The van der Waals surface area contributed by atoms with Crippen LogP contribution in [-0.2, 0) is 4.79 Å². The highest BCUT2D eigenvalue weighted by Crippen LogP contribution is 2.33. The van der Waals surface area contributed by atoms with E-state index in [2.05, 4.69) is 5.32 Å². The highest BCUT2D eigenvalue weighted by Gasteiger charge is 2.33. The molecule has 1 aliphatic carbocycles. The SMILES string of the molecule is Cc1cccc(NC(=O)CC2(O)CCCC2)c1O. The van der Waals surface area contributed by atoms with Crippen molar-refractivity contribution in [1.82, 2.24) is 0 Å². The lowest BCUT2D eigenvalue weighted by atomic mass is 9.97. The molecule has 0 aromatic heterocycles. The van der Waals surface area contributed by atoms with Gasteiger partial charge in [0, 0.05) is 0 Å². The second-order valence-corrected chi connectivity index (χ2v) is 5.13. The molecule has 1 aliphatic rings. The Balaban J connectivity index is 2.01. The van der Waals surface area contributed by atoms with Gasteiger partial charge in [0.2, 0.25) is 5.91 Å². The van der Waals surface area contributed by atoms with E-state index < -0.39 is 5.60 Å². The smallest absolute Gasteiger partial charge is 0.227 e. The van der Waals surface area contributed by atoms with Crippen LogP contribution in [0.25, 0.3) is 0 Å². The van der Waals surface area contributed by atoms with Crippen molar-refractivity contribution in [3.63, 3.8) is 0 Å². The van der Waals surface area contributed by atoms with Crippen LogP contribution in [-0.4, -0.2) is 21.7 Å². The Labute approximate surface area is 107 Å². The number of aryl methyl sites for hydroxylation is 1. The quantitative estimate of drug-likeness (QED) is 0.720. The number of nitrogens with one attached hydrogen (secondary N) is 1. The minimum absolute atomic E-state index is 0.0873. The fourth-order valence-electron chi connectivity index (χ4n) is 2.46. The Bertz CT molecular complexity index is 450. The topological polar surface area (TPSA) is 69.6 Å². The third-order valence-corrected chi connectivity index (χ3v) is 3.54. The van der Waals surface area contributed by atoms with E-state index in [4.69, 9.17) is 0 Å². The number of carbonyl (C=O) groups excluding carboxylic acids is 1. The molecule has 1 amide bonds. The first-order chi connectivity index (χ1) is 8.50. The van der Waals surface area contributed by atoms with Crippen molar-refractivity contribution in [3.8, 4) is 5.75 Å². The number of rotatable bonds is 3. The summed E-state index contributed by atoms with van der Waals surface area (Å²) in [5, 5.41) is 22.6. The largest absolute Gasteiger partial charge is 0.505 e. The minimum Gasteiger partial charge on any atom is -0.505 e. The lowest BCUT2D eigenvalue weighted by Crippen LogP contribution is -2.30. The predicted molar refractivity (Wildman–Crippen MR) is 69.5 cm³/mol. The lowest BCUT2D eigenvalue weighted by molar-refractivity contribution is -0.120. The molecule has 3 N–H and O–H groups in total. The molecule has 1 saturated carbocycles. The summed E-state index contributed by atoms with van der Waals surface area (Å²) in [4.78, 5) is 11.9. The third-order valence-electron chi connectivity index (χ3n) is 3.54. The number of aromatic hydroxyl groups is 1. The first kappa shape index (κ1) is 12.9. The van der Waals surface area contributed by atoms with Crippen molar-refractivity contribution < 1.29 is 15.0 Å². The van der Waals surface area contributed by atoms with Crippen LogP contribution in [0.3, 0.4) is 0 Å². The molecule has 2 rings (SSSR count). The van der Waals surface area contributed by atoms with Crippen LogP contribution in [0.4, 0.5) is 5.69 Å². The molecule has 0 bridgehead atoms. The number of benzene rings is 1. The van der Waals surface area contributed by atoms with Gasteiger partial charge in [-0.15, -0.1) is 0 Å². The standard InChI is InChI=1S/C14H19NO3/c1-10-5-4-6-11(13(10)17)15-12(16)9-14(18)7-2-3-8-14/h4-6,17-18H,2-3,7-9H2,1H3,(H,15,16). The van der Waals surface area contributed by atoms with Gasteiger partial charge in [0.25, 0.3) is 0 Å². The molecule has 1 aromatic carbocycles. The average Bonchev–Trinajstić information content (AvgIpc) is 2.71. The van der Waals surface area contributed by atoms with Gasteiger partial charge in [-0.2, -0.15) is 0 Å². The Kier molecular flexibility index (Phi) is 3.57. The van der Waals surface area contributed by atoms with Crippen LogP contribution in [0, 0.1) is 6.92 Å².